The van der Waals surface area contributed by atoms with E-state index in [4.69, 9.17) is 4.74 Å². The predicted octanol–water partition coefficient (Wildman–Crippen LogP) is 3.99. The molecule has 0 radical (unpaired) electrons. The molecule has 2 amide bonds. The van der Waals surface area contributed by atoms with E-state index in [2.05, 4.69) is 22.8 Å². The van der Waals surface area contributed by atoms with Crippen LogP contribution in [0.3, 0.4) is 0 Å². The van der Waals surface area contributed by atoms with Crippen LogP contribution in [0.1, 0.15) is 51.2 Å². The summed E-state index contributed by atoms with van der Waals surface area (Å²) in [5.74, 6) is 2.53. The Kier molecular flexibility index (Phi) is 8.13. The molecule has 1 aromatic rings. The van der Waals surface area contributed by atoms with E-state index >= 15 is 0 Å². The highest BCUT2D eigenvalue weighted by atomic mass is 32.2. The Hall–Kier alpha value is -1.34. The van der Waals surface area contributed by atoms with Crippen LogP contribution in [0.5, 0.6) is 5.75 Å². The van der Waals surface area contributed by atoms with Gasteiger partial charge in [-0.1, -0.05) is 32.9 Å². The lowest BCUT2D eigenvalue weighted by atomic mass is 9.96. The fraction of sp³-hybridized carbons (Fsp3) is 0.619. The zero-order chi connectivity index (χ0) is 20.8. The van der Waals surface area contributed by atoms with Crippen molar-refractivity contribution in [3.8, 4) is 5.75 Å². The van der Waals surface area contributed by atoms with Crippen LogP contribution in [0.4, 0.5) is 0 Å². The van der Waals surface area contributed by atoms with Crippen LogP contribution < -0.4 is 15.4 Å². The van der Waals surface area contributed by atoms with Gasteiger partial charge in [-0.15, -0.1) is 23.5 Å². The lowest BCUT2D eigenvalue weighted by Gasteiger charge is -2.27. The SMILES string of the molecule is CC(C)(C)CNC(=O)C(C)(C)NC(=O)COc1ccc(C2SCCCS2)cc1. The minimum Gasteiger partial charge on any atom is -0.484 e. The first-order valence-electron chi connectivity index (χ1n) is 9.62. The number of amides is 2. The number of carbonyl (C=O) groups is 2. The van der Waals surface area contributed by atoms with Gasteiger partial charge in [-0.3, -0.25) is 9.59 Å². The van der Waals surface area contributed by atoms with Gasteiger partial charge in [-0.25, -0.2) is 0 Å². The molecule has 0 aromatic heterocycles. The van der Waals surface area contributed by atoms with Crippen molar-refractivity contribution in [2.45, 2.75) is 51.2 Å². The summed E-state index contributed by atoms with van der Waals surface area (Å²) < 4.78 is 6.08. The lowest BCUT2D eigenvalue weighted by molar-refractivity contribution is -0.133. The summed E-state index contributed by atoms with van der Waals surface area (Å²) in [4.78, 5) is 24.6. The molecule has 156 valence electrons. The van der Waals surface area contributed by atoms with Gasteiger partial charge in [-0.2, -0.15) is 0 Å². The zero-order valence-electron chi connectivity index (χ0n) is 17.5. The van der Waals surface area contributed by atoms with E-state index in [0.29, 0.717) is 16.9 Å². The molecule has 0 atom stereocenters. The molecule has 7 heteroatoms. The lowest BCUT2D eigenvalue weighted by Crippen LogP contribution is -2.56. The maximum Gasteiger partial charge on any atom is 0.258 e. The number of hydrogen-bond donors (Lipinski definition) is 2. The second-order valence-electron chi connectivity index (χ2n) is 8.70. The molecule has 0 aliphatic carbocycles. The summed E-state index contributed by atoms with van der Waals surface area (Å²) in [5, 5.41) is 5.62. The molecule has 1 fully saturated rings. The van der Waals surface area contributed by atoms with Crippen molar-refractivity contribution in [3.63, 3.8) is 0 Å². The average molecular weight is 425 g/mol. The van der Waals surface area contributed by atoms with Gasteiger partial charge in [0.05, 0.1) is 4.58 Å². The van der Waals surface area contributed by atoms with Crippen LogP contribution in [0.15, 0.2) is 24.3 Å². The van der Waals surface area contributed by atoms with Crippen LogP contribution in [0, 0.1) is 5.41 Å². The number of rotatable bonds is 7. The Bertz CT molecular complexity index is 663. The van der Waals surface area contributed by atoms with Gasteiger partial charge in [0.15, 0.2) is 6.61 Å². The van der Waals surface area contributed by atoms with Gasteiger partial charge >= 0.3 is 0 Å². The highest BCUT2D eigenvalue weighted by molar-refractivity contribution is 8.16. The van der Waals surface area contributed by atoms with Crippen molar-refractivity contribution in [1.29, 1.82) is 0 Å². The van der Waals surface area contributed by atoms with E-state index in [1.165, 1.54) is 23.5 Å². The molecule has 2 rings (SSSR count). The molecule has 5 nitrogen and oxygen atoms in total. The molecule has 1 aliphatic heterocycles. The van der Waals surface area contributed by atoms with Gasteiger partial charge in [0.25, 0.3) is 5.91 Å². The molecule has 1 aromatic carbocycles. The maximum atomic E-state index is 12.3. The molecular weight excluding hydrogens is 392 g/mol. The largest absolute Gasteiger partial charge is 0.484 e. The third-order valence-electron chi connectivity index (χ3n) is 4.15. The zero-order valence-corrected chi connectivity index (χ0v) is 19.1. The third kappa shape index (κ3) is 7.59. The number of ether oxygens (including phenoxy) is 1. The fourth-order valence-corrected chi connectivity index (χ4v) is 5.45. The molecule has 1 saturated heterocycles. The summed E-state index contributed by atoms with van der Waals surface area (Å²) in [6.07, 6.45) is 1.27. The van der Waals surface area contributed by atoms with Gasteiger partial charge in [0.1, 0.15) is 11.3 Å². The van der Waals surface area contributed by atoms with Crippen LogP contribution in [0.2, 0.25) is 0 Å². The number of thioether (sulfide) groups is 2. The van der Waals surface area contributed by atoms with E-state index < -0.39 is 5.54 Å². The van der Waals surface area contributed by atoms with Crippen LogP contribution in [-0.2, 0) is 9.59 Å². The quantitative estimate of drug-likeness (QED) is 0.693. The predicted molar refractivity (Wildman–Crippen MR) is 119 cm³/mol. The summed E-state index contributed by atoms with van der Waals surface area (Å²) in [6.45, 7) is 9.94. The third-order valence-corrected chi connectivity index (χ3v) is 7.16. The van der Waals surface area contributed by atoms with E-state index in [-0.39, 0.29) is 23.8 Å². The standard InChI is InChI=1S/C21H32N2O3S2/c1-20(2,3)14-22-19(25)21(4,5)23-17(24)13-26-16-9-7-15(8-10-16)18-27-11-6-12-28-18/h7-10,18H,6,11-14H2,1-5H3,(H,22,25)(H,23,24). The smallest absolute Gasteiger partial charge is 0.258 e. The second kappa shape index (κ2) is 9.92. The van der Waals surface area contributed by atoms with Gasteiger partial charge < -0.3 is 15.4 Å². The van der Waals surface area contributed by atoms with Gasteiger partial charge in [0, 0.05) is 6.54 Å². The summed E-state index contributed by atoms with van der Waals surface area (Å²) in [5.41, 5.74) is 0.271. The van der Waals surface area contributed by atoms with Crippen molar-refractivity contribution in [1.82, 2.24) is 10.6 Å². The minimum atomic E-state index is -0.995. The molecule has 2 N–H and O–H groups in total. The first-order valence-corrected chi connectivity index (χ1v) is 11.7. The molecule has 1 aliphatic rings. The van der Waals surface area contributed by atoms with E-state index in [1.54, 1.807) is 13.8 Å². The Labute approximate surface area is 177 Å². The first-order chi connectivity index (χ1) is 13.1. The minimum absolute atomic E-state index is 0.0142. The highest BCUT2D eigenvalue weighted by Crippen LogP contribution is 2.43. The Morgan fingerprint density at radius 1 is 1.07 bits per heavy atom. The summed E-state index contributed by atoms with van der Waals surface area (Å²) in [6, 6.07) is 7.93. The maximum absolute atomic E-state index is 12.3. The number of carbonyl (C=O) groups excluding carboxylic acids is 2. The van der Waals surface area contributed by atoms with Crippen molar-refractivity contribution in [3.05, 3.63) is 29.8 Å². The van der Waals surface area contributed by atoms with E-state index in [1.807, 2.05) is 56.4 Å². The Balaban J connectivity index is 1.80. The fourth-order valence-electron chi connectivity index (χ4n) is 2.56. The molecule has 0 bridgehead atoms. The molecule has 0 spiro atoms. The molecule has 1 heterocycles. The highest BCUT2D eigenvalue weighted by Gasteiger charge is 2.30. The Morgan fingerprint density at radius 3 is 2.25 bits per heavy atom. The number of nitrogens with one attached hydrogen (secondary N) is 2. The van der Waals surface area contributed by atoms with E-state index in [9.17, 15) is 9.59 Å². The van der Waals surface area contributed by atoms with E-state index in [0.717, 1.165) is 0 Å². The van der Waals surface area contributed by atoms with Gasteiger partial charge in [-0.05, 0) is 54.9 Å². The van der Waals surface area contributed by atoms with Crippen LogP contribution in [-0.4, -0.2) is 42.0 Å². The van der Waals surface area contributed by atoms with Crippen molar-refractivity contribution in [2.24, 2.45) is 5.41 Å². The molecule has 0 unspecified atom stereocenters. The molecular formula is C21H32N2O3S2. The van der Waals surface area contributed by atoms with Crippen molar-refractivity contribution >= 4 is 35.3 Å². The average Bonchev–Trinajstić information content (AvgIpc) is 2.64. The monoisotopic (exact) mass is 424 g/mol. The molecule has 0 saturated carbocycles. The summed E-state index contributed by atoms with van der Waals surface area (Å²) >= 11 is 3.95. The molecule has 28 heavy (non-hydrogen) atoms. The Morgan fingerprint density at radius 2 is 1.68 bits per heavy atom. The first kappa shape index (κ1) is 22.9. The second-order valence-corrected chi connectivity index (χ2v) is 11.4. The number of benzene rings is 1. The number of hydrogen-bond acceptors (Lipinski definition) is 5. The van der Waals surface area contributed by atoms with Gasteiger partial charge in [0.2, 0.25) is 5.91 Å². The topological polar surface area (TPSA) is 67.4 Å². The summed E-state index contributed by atoms with van der Waals surface area (Å²) in [7, 11) is 0. The van der Waals surface area contributed by atoms with Crippen molar-refractivity contribution < 1.29 is 14.3 Å². The van der Waals surface area contributed by atoms with Crippen LogP contribution in [0.25, 0.3) is 0 Å². The van der Waals surface area contributed by atoms with Crippen molar-refractivity contribution in [2.75, 3.05) is 24.7 Å². The normalized spacial score (nSPS) is 15.8. The van der Waals surface area contributed by atoms with Crippen LogP contribution >= 0.6 is 23.5 Å².